The molecule has 3 heterocycles. The van der Waals surface area contributed by atoms with Crippen molar-refractivity contribution in [3.63, 3.8) is 0 Å². The molecule has 0 amide bonds. The van der Waals surface area contributed by atoms with Crippen LogP contribution in [0.1, 0.15) is 18.4 Å². The maximum Gasteiger partial charge on any atom is 0.153 e. The first-order valence-electron chi connectivity index (χ1n) is 6.43. The number of nitriles is 1. The minimum atomic E-state index is 0.520. The van der Waals surface area contributed by atoms with E-state index in [1.54, 1.807) is 12.3 Å². The maximum atomic E-state index is 9.01. The van der Waals surface area contributed by atoms with Gasteiger partial charge in [0.05, 0.1) is 11.3 Å². The van der Waals surface area contributed by atoms with Crippen molar-refractivity contribution < 1.29 is 0 Å². The Morgan fingerprint density at radius 3 is 3.11 bits per heavy atom. The third-order valence-corrected chi connectivity index (χ3v) is 3.98. The zero-order chi connectivity index (χ0) is 12.5. The van der Waals surface area contributed by atoms with Crippen LogP contribution in [0.15, 0.2) is 12.3 Å². The summed E-state index contributed by atoms with van der Waals surface area (Å²) in [6.07, 6.45) is 4.22. The number of nitrogens with two attached hydrogens (primary N) is 1. The van der Waals surface area contributed by atoms with Crippen LogP contribution in [0.5, 0.6) is 0 Å². The summed E-state index contributed by atoms with van der Waals surface area (Å²) >= 11 is 0. The minimum Gasteiger partial charge on any atom is -0.395 e. The first-order valence-corrected chi connectivity index (χ1v) is 6.43. The van der Waals surface area contributed by atoms with Crippen LogP contribution in [0, 0.1) is 11.3 Å². The van der Waals surface area contributed by atoms with Gasteiger partial charge in [0, 0.05) is 31.9 Å². The molecule has 1 unspecified atom stereocenters. The van der Waals surface area contributed by atoms with E-state index in [9.17, 15) is 0 Å². The Hall–Kier alpha value is -1.80. The number of pyridine rings is 1. The molecule has 0 bridgehead atoms. The maximum absolute atomic E-state index is 9.01. The zero-order valence-corrected chi connectivity index (χ0v) is 10.3. The summed E-state index contributed by atoms with van der Waals surface area (Å²) in [6, 6.07) is 4.42. The molecule has 1 aromatic rings. The van der Waals surface area contributed by atoms with Crippen molar-refractivity contribution in [2.45, 2.75) is 18.9 Å². The fourth-order valence-electron chi connectivity index (χ4n) is 3.00. The normalized spacial score (nSPS) is 23.7. The number of hydrogen-bond acceptors (Lipinski definition) is 5. The number of hydrogen-bond donors (Lipinski definition) is 1. The van der Waals surface area contributed by atoms with E-state index in [1.165, 1.54) is 19.4 Å². The van der Waals surface area contributed by atoms with Gasteiger partial charge in [-0.3, -0.25) is 4.90 Å². The van der Waals surface area contributed by atoms with Crippen LogP contribution in [0.4, 0.5) is 11.5 Å². The molecule has 5 heteroatoms. The van der Waals surface area contributed by atoms with E-state index in [-0.39, 0.29) is 0 Å². The van der Waals surface area contributed by atoms with Gasteiger partial charge in [-0.15, -0.1) is 0 Å². The third-order valence-electron chi connectivity index (χ3n) is 3.98. The average molecular weight is 243 g/mol. The van der Waals surface area contributed by atoms with Crippen molar-refractivity contribution in [3.05, 3.63) is 17.8 Å². The molecule has 3 rings (SSSR count). The lowest BCUT2D eigenvalue weighted by Crippen LogP contribution is -2.50. The summed E-state index contributed by atoms with van der Waals surface area (Å²) in [6.45, 7) is 4.22. The number of rotatable bonds is 1. The monoisotopic (exact) mass is 243 g/mol. The molecule has 2 saturated heterocycles. The quantitative estimate of drug-likeness (QED) is 0.791. The molecular formula is C13H17N5. The highest BCUT2D eigenvalue weighted by Crippen LogP contribution is 2.28. The summed E-state index contributed by atoms with van der Waals surface area (Å²) < 4.78 is 0. The van der Waals surface area contributed by atoms with Gasteiger partial charge < -0.3 is 10.6 Å². The molecule has 1 aromatic heterocycles. The number of anilines is 2. The average Bonchev–Trinajstić information content (AvgIpc) is 2.86. The second-order valence-corrected chi connectivity index (χ2v) is 4.99. The fourth-order valence-corrected chi connectivity index (χ4v) is 3.00. The lowest BCUT2D eigenvalue weighted by molar-refractivity contribution is 0.230. The van der Waals surface area contributed by atoms with Gasteiger partial charge in [0.2, 0.25) is 0 Å². The molecule has 94 valence electrons. The zero-order valence-electron chi connectivity index (χ0n) is 10.3. The van der Waals surface area contributed by atoms with Crippen molar-refractivity contribution in [2.75, 3.05) is 36.8 Å². The highest BCUT2D eigenvalue weighted by atomic mass is 15.3. The summed E-state index contributed by atoms with van der Waals surface area (Å²) in [4.78, 5) is 9.12. The van der Waals surface area contributed by atoms with E-state index in [0.717, 1.165) is 25.5 Å². The van der Waals surface area contributed by atoms with Crippen molar-refractivity contribution in [3.8, 4) is 6.07 Å². The molecule has 18 heavy (non-hydrogen) atoms. The number of fused-ring (bicyclic) bond motifs is 1. The number of nitrogen functional groups attached to an aromatic ring is 1. The number of nitrogens with zero attached hydrogens (tertiary/aromatic N) is 4. The summed E-state index contributed by atoms with van der Waals surface area (Å²) in [5, 5.41) is 9.01. The SMILES string of the molecule is N#Cc1ccnc(N2CCN3CCCC3C2)c1N. The van der Waals surface area contributed by atoms with Crippen LogP contribution in [0.3, 0.4) is 0 Å². The minimum absolute atomic E-state index is 0.520. The molecule has 0 radical (unpaired) electrons. The molecule has 2 fully saturated rings. The highest BCUT2D eigenvalue weighted by Gasteiger charge is 2.31. The molecule has 5 nitrogen and oxygen atoms in total. The molecule has 0 aliphatic carbocycles. The van der Waals surface area contributed by atoms with Crippen LogP contribution in [0.2, 0.25) is 0 Å². The second kappa shape index (κ2) is 4.46. The Balaban J connectivity index is 1.85. The van der Waals surface area contributed by atoms with Gasteiger partial charge in [-0.05, 0) is 25.5 Å². The topological polar surface area (TPSA) is 69.2 Å². The first kappa shape index (κ1) is 11.3. The summed E-state index contributed by atoms with van der Waals surface area (Å²) in [5.74, 6) is 0.778. The Morgan fingerprint density at radius 2 is 2.28 bits per heavy atom. The fraction of sp³-hybridized carbons (Fsp3) is 0.538. The van der Waals surface area contributed by atoms with Crippen molar-refractivity contribution >= 4 is 11.5 Å². The highest BCUT2D eigenvalue weighted by molar-refractivity contribution is 5.70. The standard InChI is InChI=1S/C13H17N5/c14-8-10-3-4-16-13(12(10)15)18-7-6-17-5-1-2-11(17)9-18/h3-4,11H,1-2,5-7,9,15H2. The van der Waals surface area contributed by atoms with Crippen LogP contribution in [-0.4, -0.2) is 42.1 Å². The van der Waals surface area contributed by atoms with E-state index < -0.39 is 0 Å². The van der Waals surface area contributed by atoms with Gasteiger partial charge in [0.25, 0.3) is 0 Å². The predicted molar refractivity (Wildman–Crippen MR) is 70.2 cm³/mol. The van der Waals surface area contributed by atoms with Gasteiger partial charge >= 0.3 is 0 Å². The van der Waals surface area contributed by atoms with Gasteiger partial charge in [-0.1, -0.05) is 0 Å². The van der Waals surface area contributed by atoms with E-state index in [4.69, 9.17) is 11.0 Å². The van der Waals surface area contributed by atoms with Crippen LogP contribution < -0.4 is 10.6 Å². The largest absolute Gasteiger partial charge is 0.395 e. The lowest BCUT2D eigenvalue weighted by Gasteiger charge is -2.38. The van der Waals surface area contributed by atoms with E-state index in [1.807, 2.05) is 0 Å². The van der Waals surface area contributed by atoms with Gasteiger partial charge in [-0.2, -0.15) is 5.26 Å². The molecule has 1 atom stereocenters. The van der Waals surface area contributed by atoms with Crippen molar-refractivity contribution in [1.29, 1.82) is 5.26 Å². The van der Waals surface area contributed by atoms with Crippen molar-refractivity contribution in [2.24, 2.45) is 0 Å². The summed E-state index contributed by atoms with van der Waals surface area (Å²) in [7, 11) is 0. The van der Waals surface area contributed by atoms with Gasteiger partial charge in [-0.25, -0.2) is 4.98 Å². The lowest BCUT2D eigenvalue weighted by atomic mass is 10.1. The smallest absolute Gasteiger partial charge is 0.153 e. The third kappa shape index (κ3) is 1.79. The van der Waals surface area contributed by atoms with Crippen LogP contribution in [-0.2, 0) is 0 Å². The Morgan fingerprint density at radius 1 is 1.39 bits per heavy atom. The van der Waals surface area contributed by atoms with E-state index in [0.29, 0.717) is 17.3 Å². The molecule has 0 saturated carbocycles. The molecular weight excluding hydrogens is 226 g/mol. The molecule has 0 aromatic carbocycles. The molecule has 0 spiro atoms. The molecule has 2 aliphatic heterocycles. The predicted octanol–water partition coefficient (Wildman–Crippen LogP) is 0.820. The summed E-state index contributed by atoms with van der Waals surface area (Å²) in [5.41, 5.74) is 7.06. The van der Waals surface area contributed by atoms with Gasteiger partial charge in [0.15, 0.2) is 5.82 Å². The van der Waals surface area contributed by atoms with Crippen molar-refractivity contribution in [1.82, 2.24) is 9.88 Å². The Kier molecular flexibility index (Phi) is 2.80. The van der Waals surface area contributed by atoms with E-state index in [2.05, 4.69) is 20.9 Å². The second-order valence-electron chi connectivity index (χ2n) is 4.99. The number of piperazine rings is 1. The number of aromatic nitrogens is 1. The van der Waals surface area contributed by atoms with Gasteiger partial charge in [0.1, 0.15) is 6.07 Å². The molecule has 2 N–H and O–H groups in total. The van der Waals surface area contributed by atoms with E-state index >= 15 is 0 Å². The van der Waals surface area contributed by atoms with Crippen LogP contribution >= 0.6 is 0 Å². The Bertz CT molecular complexity index is 493. The van der Waals surface area contributed by atoms with Crippen LogP contribution in [0.25, 0.3) is 0 Å². The first-order chi connectivity index (χ1) is 8.79. The molecule has 2 aliphatic rings. The Labute approximate surface area is 107 Å².